The average Bonchev–Trinajstić information content (AvgIpc) is 3.46. The molecule has 3 aromatic carbocycles. The van der Waals surface area contributed by atoms with Crippen molar-refractivity contribution in [3.8, 4) is 11.1 Å². The second-order valence-corrected chi connectivity index (χ2v) is 10.8. The Kier molecular flexibility index (Phi) is 8.09. The highest BCUT2D eigenvalue weighted by Gasteiger charge is 2.41. The van der Waals surface area contributed by atoms with Crippen molar-refractivity contribution < 1.29 is 24.1 Å². The molecule has 3 aliphatic rings. The van der Waals surface area contributed by atoms with E-state index in [4.69, 9.17) is 24.7 Å². The van der Waals surface area contributed by atoms with Crippen molar-refractivity contribution in [2.45, 2.75) is 56.7 Å². The highest BCUT2D eigenvalue weighted by molar-refractivity contribution is 5.64. The Hall–Kier alpha value is -2.62. The fourth-order valence-corrected chi connectivity index (χ4v) is 5.89. The van der Waals surface area contributed by atoms with Gasteiger partial charge in [0.2, 0.25) is 0 Å². The van der Waals surface area contributed by atoms with Gasteiger partial charge in [0, 0.05) is 51.0 Å². The molecule has 0 amide bonds. The number of nitrogens with zero attached hydrogens (tertiary/aromatic N) is 1. The van der Waals surface area contributed by atoms with Gasteiger partial charge >= 0.3 is 0 Å². The van der Waals surface area contributed by atoms with Crippen LogP contribution in [0.4, 0.5) is 0 Å². The summed E-state index contributed by atoms with van der Waals surface area (Å²) < 4.78 is 25.0. The zero-order valence-electron chi connectivity index (χ0n) is 22.3. The average molecular weight is 531 g/mol. The van der Waals surface area contributed by atoms with Crippen LogP contribution in [0.1, 0.15) is 53.9 Å². The summed E-state index contributed by atoms with van der Waals surface area (Å²) in [4.78, 5) is 2.46. The standard InChI is InChI=1S/C32H38N2O5/c33-20-24-2-1-3-28(18-24)25-8-10-27(11-9-25)31-38-29(19-30(39-31)26-6-4-23(22-35)5-7-26)21-34-14-12-32(13-15-34)36-16-17-37-32/h1-11,18,29-31,35H,12-17,19-22,33H2/t29-,30+,31+/m0/s1. The SMILES string of the molecule is NCc1cccc(-c2ccc([C@@H]3O[C@H](CN4CCC5(CC4)OCCO5)C[C@H](c4ccc(CO)cc4)O3)cc2)c1. The van der Waals surface area contributed by atoms with Crippen molar-refractivity contribution in [1.82, 2.24) is 4.90 Å². The Balaban J connectivity index is 1.19. The second kappa shape index (κ2) is 11.9. The fraction of sp³-hybridized carbons (Fsp3) is 0.438. The second-order valence-electron chi connectivity index (χ2n) is 10.8. The fourth-order valence-electron chi connectivity index (χ4n) is 5.89. The first kappa shape index (κ1) is 26.6. The Bertz CT molecular complexity index is 1220. The molecular weight excluding hydrogens is 492 g/mol. The highest BCUT2D eigenvalue weighted by atomic mass is 16.7. The van der Waals surface area contributed by atoms with Gasteiger partial charge in [-0.2, -0.15) is 0 Å². The number of piperidine rings is 1. The van der Waals surface area contributed by atoms with Crippen LogP contribution < -0.4 is 5.73 Å². The summed E-state index contributed by atoms with van der Waals surface area (Å²) in [6.45, 7) is 4.64. The predicted octanol–water partition coefficient (Wildman–Crippen LogP) is 4.69. The summed E-state index contributed by atoms with van der Waals surface area (Å²) in [6.07, 6.45) is 2.00. The molecule has 7 nitrogen and oxygen atoms in total. The van der Waals surface area contributed by atoms with Gasteiger partial charge in [-0.05, 0) is 33.9 Å². The number of aliphatic hydroxyl groups is 1. The molecule has 0 unspecified atom stereocenters. The number of ether oxygens (including phenoxy) is 4. The normalized spacial score (nSPS) is 25.2. The summed E-state index contributed by atoms with van der Waals surface area (Å²) in [5.41, 5.74) is 12.2. The van der Waals surface area contributed by atoms with Crippen molar-refractivity contribution in [2.24, 2.45) is 5.73 Å². The Labute approximate surface area is 230 Å². The maximum Gasteiger partial charge on any atom is 0.184 e. The van der Waals surface area contributed by atoms with Crippen LogP contribution >= 0.6 is 0 Å². The molecule has 3 aliphatic heterocycles. The van der Waals surface area contributed by atoms with E-state index in [9.17, 15) is 5.11 Å². The van der Waals surface area contributed by atoms with E-state index in [0.717, 1.165) is 72.3 Å². The van der Waals surface area contributed by atoms with Gasteiger partial charge in [-0.15, -0.1) is 0 Å². The lowest BCUT2D eigenvalue weighted by atomic mass is 9.98. The molecule has 6 rings (SSSR count). The number of hydrogen-bond donors (Lipinski definition) is 2. The number of rotatable bonds is 7. The molecule has 0 bridgehead atoms. The lowest BCUT2D eigenvalue weighted by Crippen LogP contribution is -2.48. The zero-order chi connectivity index (χ0) is 26.7. The van der Waals surface area contributed by atoms with Gasteiger partial charge in [0.1, 0.15) is 0 Å². The molecule has 3 heterocycles. The minimum atomic E-state index is -0.465. The van der Waals surface area contributed by atoms with Gasteiger partial charge in [0.05, 0.1) is 32.0 Å². The van der Waals surface area contributed by atoms with Gasteiger partial charge < -0.3 is 34.7 Å². The summed E-state index contributed by atoms with van der Waals surface area (Å²) in [5, 5.41) is 9.48. The summed E-state index contributed by atoms with van der Waals surface area (Å²) in [7, 11) is 0. The Morgan fingerprint density at radius 2 is 1.54 bits per heavy atom. The van der Waals surface area contributed by atoms with Crippen LogP contribution in [-0.2, 0) is 32.1 Å². The Morgan fingerprint density at radius 1 is 0.821 bits per heavy atom. The van der Waals surface area contributed by atoms with E-state index in [1.165, 1.54) is 0 Å². The predicted molar refractivity (Wildman–Crippen MR) is 149 cm³/mol. The third-order valence-electron chi connectivity index (χ3n) is 8.19. The van der Waals surface area contributed by atoms with E-state index in [0.29, 0.717) is 19.8 Å². The van der Waals surface area contributed by atoms with Gasteiger partial charge in [0.15, 0.2) is 12.1 Å². The molecule has 3 saturated heterocycles. The van der Waals surface area contributed by atoms with Crippen LogP contribution in [0, 0.1) is 0 Å². The summed E-state index contributed by atoms with van der Waals surface area (Å²) in [6, 6.07) is 24.8. The van der Waals surface area contributed by atoms with E-state index in [1.807, 2.05) is 24.3 Å². The van der Waals surface area contributed by atoms with Gasteiger partial charge in [-0.1, -0.05) is 66.7 Å². The van der Waals surface area contributed by atoms with E-state index in [1.54, 1.807) is 0 Å². The highest BCUT2D eigenvalue weighted by Crippen LogP contribution is 2.39. The van der Waals surface area contributed by atoms with Crippen LogP contribution in [0.5, 0.6) is 0 Å². The largest absolute Gasteiger partial charge is 0.392 e. The molecule has 0 aromatic heterocycles. The molecule has 0 radical (unpaired) electrons. The number of benzene rings is 3. The van der Waals surface area contributed by atoms with Gasteiger partial charge in [0.25, 0.3) is 0 Å². The van der Waals surface area contributed by atoms with Crippen molar-refractivity contribution in [3.63, 3.8) is 0 Å². The number of likely N-dealkylation sites (tertiary alicyclic amines) is 1. The maximum absolute atomic E-state index is 9.48. The van der Waals surface area contributed by atoms with Crippen LogP contribution in [0.2, 0.25) is 0 Å². The maximum atomic E-state index is 9.48. The van der Waals surface area contributed by atoms with E-state index >= 15 is 0 Å². The minimum Gasteiger partial charge on any atom is -0.392 e. The first-order chi connectivity index (χ1) is 19.1. The lowest BCUT2D eigenvalue weighted by molar-refractivity contribution is -0.255. The number of aliphatic hydroxyl groups excluding tert-OH is 1. The van der Waals surface area contributed by atoms with E-state index < -0.39 is 6.29 Å². The van der Waals surface area contributed by atoms with E-state index in [2.05, 4.69) is 53.4 Å². The molecule has 0 aliphatic carbocycles. The molecule has 1 spiro atoms. The van der Waals surface area contributed by atoms with Gasteiger partial charge in [-0.25, -0.2) is 0 Å². The summed E-state index contributed by atoms with van der Waals surface area (Å²) in [5.74, 6) is -0.377. The zero-order valence-corrected chi connectivity index (χ0v) is 22.3. The van der Waals surface area contributed by atoms with Crippen LogP contribution in [-0.4, -0.2) is 54.7 Å². The molecule has 3 N–H and O–H groups in total. The first-order valence-electron chi connectivity index (χ1n) is 14.0. The van der Waals surface area contributed by atoms with Crippen LogP contribution in [0.15, 0.2) is 72.8 Å². The number of hydrogen-bond acceptors (Lipinski definition) is 7. The first-order valence-corrected chi connectivity index (χ1v) is 14.0. The quantitative estimate of drug-likeness (QED) is 0.458. The third kappa shape index (κ3) is 6.10. The number of nitrogens with two attached hydrogens (primary N) is 1. The molecule has 3 fully saturated rings. The summed E-state index contributed by atoms with van der Waals surface area (Å²) >= 11 is 0. The lowest BCUT2D eigenvalue weighted by Gasteiger charge is -2.41. The van der Waals surface area contributed by atoms with Crippen molar-refractivity contribution >= 4 is 0 Å². The monoisotopic (exact) mass is 530 g/mol. The minimum absolute atomic E-state index is 0.0200. The third-order valence-corrected chi connectivity index (χ3v) is 8.19. The molecule has 7 heteroatoms. The molecule has 3 aromatic rings. The smallest absolute Gasteiger partial charge is 0.184 e. The van der Waals surface area contributed by atoms with Crippen molar-refractivity contribution in [1.29, 1.82) is 0 Å². The van der Waals surface area contributed by atoms with Crippen molar-refractivity contribution in [3.05, 3.63) is 95.1 Å². The Morgan fingerprint density at radius 3 is 2.23 bits per heavy atom. The van der Waals surface area contributed by atoms with Crippen LogP contribution in [0.25, 0.3) is 11.1 Å². The molecule has 3 atom stereocenters. The van der Waals surface area contributed by atoms with Crippen molar-refractivity contribution in [2.75, 3.05) is 32.8 Å². The van der Waals surface area contributed by atoms with E-state index in [-0.39, 0.29) is 24.6 Å². The topological polar surface area (TPSA) is 86.4 Å². The molecule has 39 heavy (non-hydrogen) atoms. The molecule has 0 saturated carbocycles. The molecular formula is C32H38N2O5. The van der Waals surface area contributed by atoms with Gasteiger partial charge in [-0.3, -0.25) is 0 Å². The molecule has 206 valence electrons. The van der Waals surface area contributed by atoms with Crippen LogP contribution in [0.3, 0.4) is 0 Å².